The van der Waals surface area contributed by atoms with Gasteiger partial charge in [-0.3, -0.25) is 0 Å². The second kappa shape index (κ2) is 7.44. The number of alkyl halides is 5. The molecule has 146 valence electrons. The summed E-state index contributed by atoms with van der Waals surface area (Å²) in [5.74, 6) is -9.32. The van der Waals surface area contributed by atoms with Crippen molar-refractivity contribution in [2.24, 2.45) is 5.41 Å². The van der Waals surface area contributed by atoms with Gasteiger partial charge >= 0.3 is 11.8 Å². The van der Waals surface area contributed by atoms with Crippen LogP contribution in [0.15, 0.2) is 0 Å². The van der Waals surface area contributed by atoms with Crippen LogP contribution in [0, 0.1) is 5.41 Å². The molecule has 0 rings (SSSR count). The minimum absolute atomic E-state index is 0.0147. The number of rotatable bonds is 10. The monoisotopic (exact) mass is 362 g/mol. The molecule has 0 aliphatic rings. The van der Waals surface area contributed by atoms with Crippen LogP contribution in [-0.2, 0) is 9.47 Å². The summed E-state index contributed by atoms with van der Waals surface area (Å²) in [7, 11) is 0. The fraction of sp³-hybridized carbons (Fsp3) is 1.00. The molecule has 0 bridgehead atoms. The number of ether oxygens (including phenoxy) is 2. The zero-order chi connectivity index (χ0) is 19.6. The van der Waals surface area contributed by atoms with Crippen LogP contribution in [0.25, 0.3) is 0 Å². The predicted molar refractivity (Wildman–Crippen MR) is 84.6 cm³/mol. The van der Waals surface area contributed by atoms with Crippen molar-refractivity contribution in [3.05, 3.63) is 0 Å². The van der Waals surface area contributed by atoms with E-state index in [-0.39, 0.29) is 25.7 Å². The number of hydrogen-bond donors (Lipinski definition) is 0. The minimum Gasteiger partial charge on any atom is -0.376 e. The first kappa shape index (κ1) is 23.6. The van der Waals surface area contributed by atoms with E-state index in [9.17, 15) is 22.0 Å². The van der Waals surface area contributed by atoms with Crippen molar-refractivity contribution in [3.63, 3.8) is 0 Å². The molecule has 0 aliphatic heterocycles. The van der Waals surface area contributed by atoms with E-state index < -0.39 is 28.5 Å². The summed E-state index contributed by atoms with van der Waals surface area (Å²) in [5, 5.41) is 0. The summed E-state index contributed by atoms with van der Waals surface area (Å²) in [4.78, 5) is 0. The molecule has 0 fully saturated rings. The molecule has 0 aromatic heterocycles. The quantitative estimate of drug-likeness (QED) is 0.468. The van der Waals surface area contributed by atoms with Gasteiger partial charge in [0, 0.05) is 12.0 Å². The van der Waals surface area contributed by atoms with Gasteiger partial charge in [0.05, 0.1) is 18.3 Å². The molecule has 0 amide bonds. The van der Waals surface area contributed by atoms with E-state index in [4.69, 9.17) is 9.47 Å². The molecule has 0 heterocycles. The third-order valence-corrected chi connectivity index (χ3v) is 3.98. The first-order valence-corrected chi connectivity index (χ1v) is 8.07. The van der Waals surface area contributed by atoms with Crippen LogP contribution < -0.4 is 0 Å². The molecule has 0 spiro atoms. The zero-order valence-electron chi connectivity index (χ0n) is 15.9. The molecule has 0 saturated carbocycles. The Morgan fingerprint density at radius 3 is 1.62 bits per heavy atom. The Morgan fingerprint density at radius 2 is 1.25 bits per heavy atom. The van der Waals surface area contributed by atoms with Crippen LogP contribution in [0.4, 0.5) is 22.0 Å². The lowest BCUT2D eigenvalue weighted by molar-refractivity contribution is -0.305. The topological polar surface area (TPSA) is 18.5 Å². The average molecular weight is 362 g/mol. The molecule has 0 unspecified atom stereocenters. The van der Waals surface area contributed by atoms with Gasteiger partial charge in [0.15, 0.2) is 5.67 Å². The van der Waals surface area contributed by atoms with E-state index >= 15 is 0 Å². The van der Waals surface area contributed by atoms with Gasteiger partial charge in [0.2, 0.25) is 0 Å². The minimum atomic E-state index is -4.79. The van der Waals surface area contributed by atoms with Crippen LogP contribution in [0.3, 0.4) is 0 Å². The second-order valence-electron chi connectivity index (χ2n) is 8.22. The third-order valence-electron chi connectivity index (χ3n) is 3.98. The van der Waals surface area contributed by atoms with Crippen molar-refractivity contribution < 1.29 is 31.4 Å². The lowest BCUT2D eigenvalue weighted by Gasteiger charge is -2.42. The molecule has 0 aliphatic carbocycles. The van der Waals surface area contributed by atoms with Crippen LogP contribution in [0.2, 0.25) is 0 Å². The van der Waals surface area contributed by atoms with Gasteiger partial charge in [-0.05, 0) is 48.0 Å². The maximum Gasteiger partial charge on any atom is 0.343 e. The zero-order valence-corrected chi connectivity index (χ0v) is 15.9. The Morgan fingerprint density at radius 1 is 0.792 bits per heavy atom. The van der Waals surface area contributed by atoms with Gasteiger partial charge in [-0.2, -0.15) is 17.6 Å². The van der Waals surface area contributed by atoms with Gasteiger partial charge in [0.25, 0.3) is 0 Å². The van der Waals surface area contributed by atoms with Crippen molar-refractivity contribution in [1.29, 1.82) is 0 Å². The van der Waals surface area contributed by atoms with Gasteiger partial charge in [-0.15, -0.1) is 0 Å². The maximum absolute atomic E-state index is 14.3. The lowest BCUT2D eigenvalue weighted by atomic mass is 9.76. The second-order valence-corrected chi connectivity index (χ2v) is 8.22. The summed E-state index contributed by atoms with van der Waals surface area (Å²) in [6.07, 6.45) is -0.365. The summed E-state index contributed by atoms with van der Waals surface area (Å²) in [6, 6.07) is 0. The standard InChI is InChI=1S/C17H31F5O2/c1-12(2)23-11-14(5,6)24-10-9-13(3,4)16(19,20)17(21,22)15(7,8)18/h12H,9-11H2,1-8H3. The van der Waals surface area contributed by atoms with Gasteiger partial charge in [-0.1, -0.05) is 13.8 Å². The molecule has 0 N–H and O–H groups in total. The van der Waals surface area contributed by atoms with Crippen molar-refractivity contribution in [1.82, 2.24) is 0 Å². The van der Waals surface area contributed by atoms with Gasteiger partial charge in [0.1, 0.15) is 0 Å². The van der Waals surface area contributed by atoms with Crippen molar-refractivity contribution in [2.45, 2.75) is 91.0 Å². The van der Waals surface area contributed by atoms with Crippen LogP contribution >= 0.6 is 0 Å². The van der Waals surface area contributed by atoms with E-state index in [0.717, 1.165) is 13.8 Å². The fourth-order valence-corrected chi connectivity index (χ4v) is 1.95. The average Bonchev–Trinajstić information content (AvgIpc) is 2.34. The molecule has 0 aromatic rings. The first-order valence-electron chi connectivity index (χ1n) is 8.07. The Hall–Kier alpha value is -0.430. The Bertz CT molecular complexity index is 398. The van der Waals surface area contributed by atoms with Crippen LogP contribution in [0.5, 0.6) is 0 Å². The molecule has 0 radical (unpaired) electrons. The highest BCUT2D eigenvalue weighted by molar-refractivity contribution is 5.03. The Balaban J connectivity index is 4.91. The molecule has 0 aromatic carbocycles. The molecule has 24 heavy (non-hydrogen) atoms. The summed E-state index contributed by atoms with van der Waals surface area (Å²) in [6.45, 7) is 10.1. The summed E-state index contributed by atoms with van der Waals surface area (Å²) < 4.78 is 80.9. The van der Waals surface area contributed by atoms with Crippen molar-refractivity contribution in [2.75, 3.05) is 13.2 Å². The predicted octanol–water partition coefficient (Wildman–Crippen LogP) is 5.64. The van der Waals surface area contributed by atoms with E-state index in [1.54, 1.807) is 13.8 Å². The van der Waals surface area contributed by atoms with Gasteiger partial charge in [-0.25, -0.2) is 4.39 Å². The molecule has 0 saturated heterocycles. The maximum atomic E-state index is 14.3. The SMILES string of the molecule is CC(C)OCC(C)(C)OCCC(C)(C)C(F)(F)C(F)(F)C(C)(C)F. The molecule has 0 atom stereocenters. The smallest absolute Gasteiger partial charge is 0.343 e. The van der Waals surface area contributed by atoms with Gasteiger partial charge < -0.3 is 9.47 Å². The highest BCUT2D eigenvalue weighted by atomic mass is 19.3. The largest absolute Gasteiger partial charge is 0.376 e. The van der Waals surface area contributed by atoms with Crippen LogP contribution in [-0.4, -0.2) is 42.4 Å². The van der Waals surface area contributed by atoms with E-state index in [1.807, 2.05) is 13.8 Å². The fourth-order valence-electron chi connectivity index (χ4n) is 1.95. The van der Waals surface area contributed by atoms with Crippen LogP contribution in [0.1, 0.15) is 61.8 Å². The summed E-state index contributed by atoms with van der Waals surface area (Å²) in [5.41, 5.74) is -6.22. The number of hydrogen-bond acceptors (Lipinski definition) is 2. The molecular weight excluding hydrogens is 331 g/mol. The third kappa shape index (κ3) is 5.55. The highest BCUT2D eigenvalue weighted by Crippen LogP contribution is 2.54. The highest BCUT2D eigenvalue weighted by Gasteiger charge is 2.71. The first-order chi connectivity index (χ1) is 10.4. The normalized spacial score (nSPS) is 15.2. The van der Waals surface area contributed by atoms with E-state index in [1.165, 1.54) is 0 Å². The molecular formula is C17H31F5O2. The molecule has 2 nitrogen and oxygen atoms in total. The lowest BCUT2D eigenvalue weighted by Crippen LogP contribution is -2.60. The Labute approximate surface area is 142 Å². The summed E-state index contributed by atoms with van der Waals surface area (Å²) >= 11 is 0. The Kier molecular flexibility index (Phi) is 7.31. The van der Waals surface area contributed by atoms with E-state index in [2.05, 4.69) is 0 Å². The van der Waals surface area contributed by atoms with Crippen molar-refractivity contribution >= 4 is 0 Å². The van der Waals surface area contributed by atoms with Crippen molar-refractivity contribution in [3.8, 4) is 0 Å². The molecule has 7 heteroatoms. The number of halogens is 5. The van der Waals surface area contributed by atoms with E-state index in [0.29, 0.717) is 13.8 Å².